The van der Waals surface area contributed by atoms with Crippen molar-refractivity contribution in [2.24, 2.45) is 0 Å². The number of nitriles is 1. The average molecular weight is 285 g/mol. The molecule has 4 heteroatoms. The van der Waals surface area contributed by atoms with Gasteiger partial charge >= 0.3 is 0 Å². The van der Waals surface area contributed by atoms with Crippen LogP contribution in [-0.4, -0.2) is 6.61 Å². The Bertz CT molecular complexity index is 678. The highest BCUT2D eigenvalue weighted by Crippen LogP contribution is 2.29. The van der Waals surface area contributed by atoms with Crippen LogP contribution in [0.3, 0.4) is 0 Å². The van der Waals surface area contributed by atoms with E-state index < -0.39 is 6.04 Å². The lowest BCUT2D eigenvalue weighted by atomic mass is 10.0. The minimum absolute atomic E-state index is 0.403. The second-order valence-corrected chi connectivity index (χ2v) is 5.12. The van der Waals surface area contributed by atoms with E-state index in [1.807, 2.05) is 36.4 Å². The molecule has 2 aromatic rings. The van der Waals surface area contributed by atoms with Gasteiger partial charge in [0.25, 0.3) is 0 Å². The fourth-order valence-electron chi connectivity index (χ4n) is 2.32. The SMILES string of the molecule is N#CC(Nc1cccc(Cl)c1)c1ccc2c(c1)CCO2. The van der Waals surface area contributed by atoms with Gasteiger partial charge in [-0.25, -0.2) is 0 Å². The number of hydrogen-bond donors (Lipinski definition) is 1. The van der Waals surface area contributed by atoms with Crippen molar-refractivity contribution >= 4 is 17.3 Å². The van der Waals surface area contributed by atoms with Gasteiger partial charge < -0.3 is 10.1 Å². The number of ether oxygens (including phenoxy) is 1. The van der Waals surface area contributed by atoms with Crippen LogP contribution in [0.5, 0.6) is 5.75 Å². The van der Waals surface area contributed by atoms with Crippen LogP contribution in [0, 0.1) is 11.3 Å². The van der Waals surface area contributed by atoms with Crippen molar-refractivity contribution in [3.05, 3.63) is 58.6 Å². The maximum absolute atomic E-state index is 9.38. The summed E-state index contributed by atoms with van der Waals surface area (Å²) in [5.74, 6) is 0.924. The first kappa shape index (κ1) is 12.8. The van der Waals surface area contributed by atoms with E-state index in [0.717, 1.165) is 35.6 Å². The van der Waals surface area contributed by atoms with Crippen LogP contribution in [0.4, 0.5) is 5.69 Å². The maximum Gasteiger partial charge on any atom is 0.140 e. The van der Waals surface area contributed by atoms with Crippen molar-refractivity contribution < 1.29 is 4.74 Å². The maximum atomic E-state index is 9.38. The summed E-state index contributed by atoms with van der Waals surface area (Å²) in [6, 6.07) is 15.1. The number of hydrogen-bond acceptors (Lipinski definition) is 3. The van der Waals surface area contributed by atoms with Gasteiger partial charge in [0.2, 0.25) is 0 Å². The molecule has 0 saturated heterocycles. The Morgan fingerprint density at radius 2 is 2.15 bits per heavy atom. The van der Waals surface area contributed by atoms with Crippen LogP contribution < -0.4 is 10.1 Å². The number of nitrogens with one attached hydrogen (secondary N) is 1. The average Bonchev–Trinajstić information content (AvgIpc) is 2.92. The molecule has 1 heterocycles. The predicted molar refractivity (Wildman–Crippen MR) is 79.1 cm³/mol. The molecule has 1 N–H and O–H groups in total. The van der Waals surface area contributed by atoms with Gasteiger partial charge in [-0.15, -0.1) is 0 Å². The summed E-state index contributed by atoms with van der Waals surface area (Å²) in [5.41, 5.74) is 2.94. The number of halogens is 1. The Morgan fingerprint density at radius 3 is 2.95 bits per heavy atom. The molecule has 100 valence electrons. The zero-order chi connectivity index (χ0) is 13.9. The highest BCUT2D eigenvalue weighted by atomic mass is 35.5. The lowest BCUT2D eigenvalue weighted by molar-refractivity contribution is 0.357. The minimum atomic E-state index is -0.403. The molecule has 0 bridgehead atoms. The molecule has 2 aromatic carbocycles. The van der Waals surface area contributed by atoms with E-state index >= 15 is 0 Å². The molecular formula is C16H13ClN2O. The summed E-state index contributed by atoms with van der Waals surface area (Å²) in [5, 5.41) is 13.2. The molecule has 0 saturated carbocycles. The third-order valence-electron chi connectivity index (χ3n) is 3.31. The molecule has 0 spiro atoms. The fraction of sp³-hybridized carbons (Fsp3) is 0.188. The Hall–Kier alpha value is -2.18. The van der Waals surface area contributed by atoms with Gasteiger partial charge in [-0.2, -0.15) is 5.26 Å². The van der Waals surface area contributed by atoms with Crippen LogP contribution >= 0.6 is 11.6 Å². The molecule has 0 amide bonds. The third kappa shape index (κ3) is 2.56. The molecule has 20 heavy (non-hydrogen) atoms. The van der Waals surface area contributed by atoms with Crippen LogP contribution in [0.15, 0.2) is 42.5 Å². The lowest BCUT2D eigenvalue weighted by Crippen LogP contribution is -2.08. The van der Waals surface area contributed by atoms with E-state index in [1.165, 1.54) is 0 Å². The molecule has 1 unspecified atom stereocenters. The van der Waals surface area contributed by atoms with Crippen molar-refractivity contribution in [3.8, 4) is 11.8 Å². The van der Waals surface area contributed by atoms with Gasteiger partial charge in [-0.1, -0.05) is 23.7 Å². The van der Waals surface area contributed by atoms with Crippen molar-refractivity contribution in [3.63, 3.8) is 0 Å². The van der Waals surface area contributed by atoms with Crippen molar-refractivity contribution in [1.29, 1.82) is 5.26 Å². The molecular weight excluding hydrogens is 272 g/mol. The summed E-state index contributed by atoms with van der Waals surface area (Å²) < 4.78 is 5.48. The predicted octanol–water partition coefficient (Wildman–Crippen LogP) is 3.95. The van der Waals surface area contributed by atoms with Gasteiger partial charge in [0, 0.05) is 17.1 Å². The van der Waals surface area contributed by atoms with E-state index in [1.54, 1.807) is 6.07 Å². The quantitative estimate of drug-likeness (QED) is 0.928. The van der Waals surface area contributed by atoms with Crippen molar-refractivity contribution in [2.45, 2.75) is 12.5 Å². The van der Waals surface area contributed by atoms with E-state index in [9.17, 15) is 5.26 Å². The van der Waals surface area contributed by atoms with Crippen LogP contribution in [0.25, 0.3) is 0 Å². The molecule has 1 atom stereocenters. The normalized spacial score (nSPS) is 14.0. The molecule has 0 radical (unpaired) electrons. The van der Waals surface area contributed by atoms with E-state index in [4.69, 9.17) is 16.3 Å². The fourth-order valence-corrected chi connectivity index (χ4v) is 2.51. The topological polar surface area (TPSA) is 45.0 Å². The van der Waals surface area contributed by atoms with Gasteiger partial charge in [-0.05, 0) is 41.5 Å². The van der Waals surface area contributed by atoms with Gasteiger partial charge in [0.05, 0.1) is 12.7 Å². The molecule has 0 aromatic heterocycles. The first-order valence-electron chi connectivity index (χ1n) is 6.43. The summed E-state index contributed by atoms with van der Waals surface area (Å²) in [6.07, 6.45) is 0.901. The molecule has 1 aliphatic heterocycles. The number of fused-ring (bicyclic) bond motifs is 1. The Balaban J connectivity index is 1.85. The summed E-state index contributed by atoms with van der Waals surface area (Å²) >= 11 is 5.95. The van der Waals surface area contributed by atoms with E-state index in [-0.39, 0.29) is 0 Å². The zero-order valence-corrected chi connectivity index (χ0v) is 11.5. The second-order valence-electron chi connectivity index (χ2n) is 4.68. The molecule has 0 aliphatic carbocycles. The first-order chi connectivity index (χ1) is 9.76. The van der Waals surface area contributed by atoms with Crippen LogP contribution in [-0.2, 0) is 6.42 Å². The smallest absolute Gasteiger partial charge is 0.140 e. The molecule has 3 nitrogen and oxygen atoms in total. The van der Waals surface area contributed by atoms with Gasteiger partial charge in [0.15, 0.2) is 0 Å². The minimum Gasteiger partial charge on any atom is -0.493 e. The standard InChI is InChI=1S/C16H13ClN2O/c17-13-2-1-3-14(9-13)19-15(10-18)11-4-5-16-12(8-11)6-7-20-16/h1-5,8-9,15,19H,6-7H2. The van der Waals surface area contributed by atoms with Crippen LogP contribution in [0.1, 0.15) is 17.2 Å². The first-order valence-corrected chi connectivity index (χ1v) is 6.81. The Labute approximate surface area is 122 Å². The second kappa shape index (κ2) is 5.44. The molecule has 0 fully saturated rings. The largest absolute Gasteiger partial charge is 0.493 e. The number of anilines is 1. The number of nitrogens with zero attached hydrogens (tertiary/aromatic N) is 1. The molecule has 1 aliphatic rings. The Morgan fingerprint density at radius 1 is 1.25 bits per heavy atom. The molecule has 3 rings (SSSR count). The summed E-state index contributed by atoms with van der Waals surface area (Å²) in [7, 11) is 0. The Kier molecular flexibility index (Phi) is 3.49. The van der Waals surface area contributed by atoms with Crippen molar-refractivity contribution in [2.75, 3.05) is 11.9 Å². The van der Waals surface area contributed by atoms with Crippen LogP contribution in [0.2, 0.25) is 5.02 Å². The lowest BCUT2D eigenvalue weighted by Gasteiger charge is -2.14. The van der Waals surface area contributed by atoms with E-state index in [0.29, 0.717) is 5.02 Å². The van der Waals surface area contributed by atoms with Gasteiger partial charge in [0.1, 0.15) is 11.8 Å². The number of benzene rings is 2. The monoisotopic (exact) mass is 284 g/mol. The third-order valence-corrected chi connectivity index (χ3v) is 3.55. The summed E-state index contributed by atoms with van der Waals surface area (Å²) in [4.78, 5) is 0. The summed E-state index contributed by atoms with van der Waals surface area (Å²) in [6.45, 7) is 0.720. The van der Waals surface area contributed by atoms with Gasteiger partial charge in [-0.3, -0.25) is 0 Å². The van der Waals surface area contributed by atoms with Crippen molar-refractivity contribution in [1.82, 2.24) is 0 Å². The highest BCUT2D eigenvalue weighted by molar-refractivity contribution is 6.30. The number of rotatable bonds is 3. The van der Waals surface area contributed by atoms with E-state index in [2.05, 4.69) is 11.4 Å². The highest BCUT2D eigenvalue weighted by Gasteiger charge is 2.16. The zero-order valence-electron chi connectivity index (χ0n) is 10.8.